The summed E-state index contributed by atoms with van der Waals surface area (Å²) in [6, 6.07) is 9.75. The molecular formula is C20H15ClN2O5S2. The Kier molecular flexibility index (Phi) is 5.85. The van der Waals surface area contributed by atoms with Crippen molar-refractivity contribution in [2.75, 3.05) is 18.7 Å². The topological polar surface area (TPSA) is 88.1 Å². The van der Waals surface area contributed by atoms with Crippen molar-refractivity contribution in [1.82, 2.24) is 4.90 Å². The van der Waals surface area contributed by atoms with Crippen LogP contribution in [-0.2, 0) is 9.59 Å². The highest BCUT2D eigenvalue weighted by molar-refractivity contribution is 8.26. The van der Waals surface area contributed by atoms with E-state index in [9.17, 15) is 14.7 Å². The number of anilines is 1. The number of hydrogen-bond acceptors (Lipinski definition) is 7. The van der Waals surface area contributed by atoms with Gasteiger partial charge in [0.2, 0.25) is 12.7 Å². The van der Waals surface area contributed by atoms with Crippen molar-refractivity contribution in [3.05, 3.63) is 51.9 Å². The van der Waals surface area contributed by atoms with Gasteiger partial charge in [-0.15, -0.1) is 0 Å². The average molecular weight is 463 g/mol. The van der Waals surface area contributed by atoms with Crippen LogP contribution in [-0.4, -0.2) is 39.5 Å². The number of ether oxygens (including phenoxy) is 2. The summed E-state index contributed by atoms with van der Waals surface area (Å²) in [7, 11) is 0. The lowest BCUT2D eigenvalue weighted by atomic mass is 10.2. The predicted molar refractivity (Wildman–Crippen MR) is 119 cm³/mol. The minimum Gasteiger partial charge on any atom is -0.506 e. The van der Waals surface area contributed by atoms with E-state index in [4.69, 9.17) is 33.3 Å². The summed E-state index contributed by atoms with van der Waals surface area (Å²) >= 11 is 12.4. The summed E-state index contributed by atoms with van der Waals surface area (Å²) in [6.07, 6.45) is 1.74. The second-order valence-corrected chi connectivity index (χ2v) is 8.52. The molecule has 2 heterocycles. The molecule has 0 aliphatic carbocycles. The van der Waals surface area contributed by atoms with Gasteiger partial charge in [-0.05, 0) is 42.0 Å². The zero-order valence-corrected chi connectivity index (χ0v) is 17.8. The molecule has 2 aromatic carbocycles. The molecule has 2 aliphatic rings. The average Bonchev–Trinajstić information content (AvgIpc) is 3.27. The van der Waals surface area contributed by atoms with Crippen molar-refractivity contribution in [3.63, 3.8) is 0 Å². The third-order valence-electron chi connectivity index (χ3n) is 4.36. The van der Waals surface area contributed by atoms with E-state index in [0.29, 0.717) is 25.7 Å². The molecule has 0 spiro atoms. The highest BCUT2D eigenvalue weighted by Gasteiger charge is 2.32. The fraction of sp³-hybridized carbons (Fsp3) is 0.150. The summed E-state index contributed by atoms with van der Waals surface area (Å²) in [5.41, 5.74) is 0.995. The predicted octanol–water partition coefficient (Wildman–Crippen LogP) is 4.00. The number of carbonyl (C=O) groups is 2. The van der Waals surface area contributed by atoms with Gasteiger partial charge in [-0.3, -0.25) is 14.5 Å². The lowest BCUT2D eigenvalue weighted by molar-refractivity contribution is -0.122. The number of phenolic OH excluding ortho intramolecular Hbond substituents is 1. The minimum atomic E-state index is -0.374. The number of halogens is 1. The van der Waals surface area contributed by atoms with Crippen LogP contribution in [0.15, 0.2) is 41.3 Å². The molecule has 2 N–H and O–H groups in total. The lowest BCUT2D eigenvalue weighted by Gasteiger charge is -2.14. The van der Waals surface area contributed by atoms with Gasteiger partial charge in [-0.2, -0.15) is 0 Å². The maximum atomic E-state index is 12.7. The highest BCUT2D eigenvalue weighted by atomic mass is 35.5. The van der Waals surface area contributed by atoms with Crippen LogP contribution in [0.4, 0.5) is 5.69 Å². The molecule has 1 fully saturated rings. The summed E-state index contributed by atoms with van der Waals surface area (Å²) in [6.45, 7) is 0.298. The number of nitrogens with zero attached hydrogens (tertiary/aromatic N) is 1. The van der Waals surface area contributed by atoms with Crippen LogP contribution in [0.3, 0.4) is 0 Å². The number of amides is 2. The number of phenols is 1. The van der Waals surface area contributed by atoms with Gasteiger partial charge in [0.05, 0.1) is 10.6 Å². The first kappa shape index (κ1) is 20.5. The molecule has 2 aliphatic heterocycles. The molecule has 2 aromatic rings. The molecule has 0 bridgehead atoms. The molecule has 10 heteroatoms. The number of aromatic hydroxyl groups is 1. The van der Waals surface area contributed by atoms with E-state index in [0.717, 1.165) is 5.56 Å². The Balaban J connectivity index is 1.39. The van der Waals surface area contributed by atoms with Crippen LogP contribution >= 0.6 is 35.6 Å². The quantitative estimate of drug-likeness (QED) is 0.394. The van der Waals surface area contributed by atoms with Gasteiger partial charge in [-0.25, -0.2) is 0 Å². The van der Waals surface area contributed by atoms with E-state index < -0.39 is 0 Å². The van der Waals surface area contributed by atoms with Gasteiger partial charge >= 0.3 is 0 Å². The standard InChI is InChI=1S/C20H15ClN2O5S2/c21-12-2-3-14(24)13(9-12)22-18(25)5-6-23-19(26)17(30-20(23)29)8-11-1-4-15-16(7-11)28-10-27-15/h1-4,7-9,24H,5-6,10H2,(H,22,25). The second kappa shape index (κ2) is 8.55. The molecule has 0 atom stereocenters. The minimum absolute atomic E-state index is 0.00962. The van der Waals surface area contributed by atoms with Crippen molar-refractivity contribution in [2.45, 2.75) is 6.42 Å². The normalized spacial score (nSPS) is 16.4. The maximum Gasteiger partial charge on any atom is 0.266 e. The summed E-state index contributed by atoms with van der Waals surface area (Å²) in [5.74, 6) is 0.559. The maximum absolute atomic E-state index is 12.7. The highest BCUT2D eigenvalue weighted by Crippen LogP contribution is 2.36. The van der Waals surface area contributed by atoms with Gasteiger partial charge in [0.1, 0.15) is 10.1 Å². The molecule has 0 saturated carbocycles. The van der Waals surface area contributed by atoms with Gasteiger partial charge in [0.15, 0.2) is 11.5 Å². The Hall–Kier alpha value is -2.75. The van der Waals surface area contributed by atoms with E-state index in [1.807, 2.05) is 6.07 Å². The monoisotopic (exact) mass is 462 g/mol. The Labute approximate surface area is 186 Å². The fourth-order valence-electron chi connectivity index (χ4n) is 2.88. The van der Waals surface area contributed by atoms with Crippen molar-refractivity contribution < 1.29 is 24.2 Å². The van der Waals surface area contributed by atoms with E-state index in [-0.39, 0.29) is 43.0 Å². The molecule has 7 nitrogen and oxygen atoms in total. The first-order chi connectivity index (χ1) is 14.4. The van der Waals surface area contributed by atoms with Crippen LogP contribution < -0.4 is 14.8 Å². The molecule has 30 heavy (non-hydrogen) atoms. The summed E-state index contributed by atoms with van der Waals surface area (Å²) in [5, 5.41) is 12.8. The van der Waals surface area contributed by atoms with E-state index in [1.54, 1.807) is 18.2 Å². The third-order valence-corrected chi connectivity index (χ3v) is 5.98. The van der Waals surface area contributed by atoms with E-state index in [1.165, 1.54) is 34.9 Å². The van der Waals surface area contributed by atoms with Gasteiger partial charge in [0.25, 0.3) is 5.91 Å². The lowest BCUT2D eigenvalue weighted by Crippen LogP contribution is -2.31. The Bertz CT molecular complexity index is 1090. The first-order valence-corrected chi connectivity index (χ1v) is 10.4. The number of fused-ring (bicyclic) bond motifs is 1. The molecule has 4 rings (SSSR count). The molecule has 0 unspecified atom stereocenters. The SMILES string of the molecule is O=C(CCN1C(=O)C(=Cc2ccc3c(c2)OCO3)SC1=S)Nc1cc(Cl)ccc1O. The molecule has 154 valence electrons. The molecule has 2 amide bonds. The van der Waals surface area contributed by atoms with Crippen LogP contribution in [0.2, 0.25) is 5.02 Å². The summed E-state index contributed by atoms with van der Waals surface area (Å²) in [4.78, 5) is 26.8. The molecular weight excluding hydrogens is 448 g/mol. The van der Waals surface area contributed by atoms with E-state index >= 15 is 0 Å². The van der Waals surface area contributed by atoms with Crippen molar-refractivity contribution in [3.8, 4) is 17.2 Å². The summed E-state index contributed by atoms with van der Waals surface area (Å²) < 4.78 is 11.0. The van der Waals surface area contributed by atoms with Crippen LogP contribution in [0.25, 0.3) is 6.08 Å². The second-order valence-electron chi connectivity index (χ2n) is 6.41. The number of carbonyl (C=O) groups excluding carboxylic acids is 2. The van der Waals surface area contributed by atoms with Crippen molar-refractivity contribution >= 4 is 63.5 Å². The number of hydrogen-bond donors (Lipinski definition) is 2. The zero-order valence-electron chi connectivity index (χ0n) is 15.4. The zero-order chi connectivity index (χ0) is 21.3. The Morgan fingerprint density at radius 3 is 2.90 bits per heavy atom. The number of nitrogens with one attached hydrogen (secondary N) is 1. The molecule has 0 aromatic heterocycles. The fourth-order valence-corrected chi connectivity index (χ4v) is 4.36. The number of thiocarbonyl (C=S) groups is 1. The number of thioether (sulfide) groups is 1. The van der Waals surface area contributed by atoms with Crippen LogP contribution in [0.1, 0.15) is 12.0 Å². The first-order valence-electron chi connectivity index (χ1n) is 8.84. The Morgan fingerprint density at radius 1 is 1.27 bits per heavy atom. The van der Waals surface area contributed by atoms with Crippen LogP contribution in [0, 0.1) is 0 Å². The van der Waals surface area contributed by atoms with Crippen molar-refractivity contribution in [1.29, 1.82) is 0 Å². The van der Waals surface area contributed by atoms with E-state index in [2.05, 4.69) is 5.32 Å². The van der Waals surface area contributed by atoms with Gasteiger partial charge < -0.3 is 19.9 Å². The third kappa shape index (κ3) is 4.38. The van der Waals surface area contributed by atoms with Crippen LogP contribution in [0.5, 0.6) is 17.2 Å². The van der Waals surface area contributed by atoms with Gasteiger partial charge in [-0.1, -0.05) is 41.6 Å². The largest absolute Gasteiger partial charge is 0.506 e. The number of rotatable bonds is 5. The smallest absolute Gasteiger partial charge is 0.266 e. The van der Waals surface area contributed by atoms with Crippen molar-refractivity contribution in [2.24, 2.45) is 0 Å². The number of benzene rings is 2. The molecule has 1 saturated heterocycles. The molecule has 0 radical (unpaired) electrons. The Morgan fingerprint density at radius 2 is 2.07 bits per heavy atom. The van der Waals surface area contributed by atoms with Gasteiger partial charge in [0, 0.05) is 18.0 Å².